The van der Waals surface area contributed by atoms with Gasteiger partial charge >= 0.3 is 0 Å². The molecule has 0 aliphatic carbocycles. The lowest BCUT2D eigenvalue weighted by Crippen LogP contribution is -2.33. The molecular weight excluding hydrogens is 411 g/mol. The molecule has 0 unspecified atom stereocenters. The molecule has 2 aromatic carbocycles. The maximum Gasteiger partial charge on any atom is 0.295 e. The minimum absolute atomic E-state index is 0.00372. The zero-order chi connectivity index (χ0) is 22.5. The first-order valence-electron chi connectivity index (χ1n) is 9.32. The van der Waals surface area contributed by atoms with E-state index < -0.39 is 34.2 Å². The molecule has 2 aromatic rings. The van der Waals surface area contributed by atoms with E-state index >= 15 is 0 Å². The van der Waals surface area contributed by atoms with E-state index in [-0.39, 0.29) is 48.8 Å². The first-order valence-corrected chi connectivity index (χ1v) is 9.32. The number of carbonyl (C=O) groups is 2. The molecule has 0 radical (unpaired) electrons. The number of hydrogen-bond donors (Lipinski definition) is 2. The quantitative estimate of drug-likeness (QED) is 0.164. The fourth-order valence-electron chi connectivity index (χ4n) is 3.39. The van der Waals surface area contributed by atoms with Gasteiger partial charge in [0.05, 0.1) is 36.4 Å². The highest BCUT2D eigenvalue weighted by Crippen LogP contribution is 2.39. The number of rotatable bonds is 8. The molecule has 0 bridgehead atoms. The average Bonchev–Trinajstić information content (AvgIpc) is 3.01. The summed E-state index contributed by atoms with van der Waals surface area (Å²) in [6, 6.07) is 9.12. The maximum atomic E-state index is 13.9. The van der Waals surface area contributed by atoms with Gasteiger partial charge < -0.3 is 19.8 Å². The number of nitro groups is 1. The number of benzene rings is 2. The average molecular weight is 430 g/mol. The van der Waals surface area contributed by atoms with Crippen molar-refractivity contribution in [2.75, 3.05) is 26.4 Å². The second-order valence-corrected chi connectivity index (χ2v) is 6.69. The van der Waals surface area contributed by atoms with Crippen LogP contribution < -0.4 is 0 Å². The van der Waals surface area contributed by atoms with E-state index in [1.54, 1.807) is 0 Å². The number of aliphatic hydroxyl groups excluding tert-OH is 2. The molecule has 1 saturated heterocycles. The standard InChI is InChI=1S/C21H19FN2O7/c22-15-5-1-3-13(11-15)18-17(19(26)14-4-2-6-16(12-14)24(29)30)20(27)21(28)23(18)7-9-31-10-8-25/h1-6,11-12,18,25-26H,7-10H2/t18-/m1/s1. The Morgan fingerprint density at radius 3 is 2.58 bits per heavy atom. The number of carbonyl (C=O) groups excluding carboxylic acids is 2. The monoisotopic (exact) mass is 430 g/mol. The largest absolute Gasteiger partial charge is 0.507 e. The Labute approximate surface area is 176 Å². The number of Topliss-reactive ketones (excluding diaryl/α,β-unsaturated/α-hetero) is 1. The van der Waals surface area contributed by atoms with Crippen molar-refractivity contribution in [3.8, 4) is 0 Å². The number of non-ortho nitro benzene ring substituents is 1. The van der Waals surface area contributed by atoms with Crippen LogP contribution in [0.15, 0.2) is 54.1 Å². The van der Waals surface area contributed by atoms with Crippen LogP contribution in [0.4, 0.5) is 10.1 Å². The maximum absolute atomic E-state index is 13.9. The van der Waals surface area contributed by atoms with E-state index in [2.05, 4.69) is 0 Å². The minimum Gasteiger partial charge on any atom is -0.507 e. The van der Waals surface area contributed by atoms with Crippen molar-refractivity contribution >= 4 is 23.1 Å². The van der Waals surface area contributed by atoms with E-state index in [4.69, 9.17) is 9.84 Å². The van der Waals surface area contributed by atoms with Crippen molar-refractivity contribution in [3.05, 3.63) is 81.2 Å². The number of nitrogens with zero attached hydrogens (tertiary/aromatic N) is 2. The number of hydrogen-bond acceptors (Lipinski definition) is 7. The lowest BCUT2D eigenvalue weighted by atomic mass is 9.95. The van der Waals surface area contributed by atoms with Gasteiger partial charge in [-0.1, -0.05) is 24.3 Å². The predicted octanol–water partition coefficient (Wildman–Crippen LogP) is 2.16. The van der Waals surface area contributed by atoms with Crippen molar-refractivity contribution in [3.63, 3.8) is 0 Å². The van der Waals surface area contributed by atoms with Crippen LogP contribution in [0.2, 0.25) is 0 Å². The Morgan fingerprint density at radius 1 is 1.16 bits per heavy atom. The Balaban J connectivity index is 2.10. The van der Waals surface area contributed by atoms with Crippen LogP contribution in [0.3, 0.4) is 0 Å². The number of nitro benzene ring substituents is 1. The van der Waals surface area contributed by atoms with Crippen LogP contribution in [-0.4, -0.2) is 58.1 Å². The van der Waals surface area contributed by atoms with Gasteiger partial charge in [0, 0.05) is 24.2 Å². The van der Waals surface area contributed by atoms with Gasteiger partial charge in [0.25, 0.3) is 17.4 Å². The molecule has 0 spiro atoms. The van der Waals surface area contributed by atoms with Crippen molar-refractivity contribution in [1.82, 2.24) is 4.90 Å². The first kappa shape index (κ1) is 22.1. The molecule has 1 aliphatic rings. The lowest BCUT2D eigenvalue weighted by molar-refractivity contribution is -0.384. The normalized spacial score (nSPS) is 17.9. The molecule has 0 aromatic heterocycles. The summed E-state index contributed by atoms with van der Waals surface area (Å²) in [6.07, 6.45) is 0. The number of halogens is 1. The van der Waals surface area contributed by atoms with Crippen LogP contribution in [0, 0.1) is 15.9 Å². The highest BCUT2D eigenvalue weighted by atomic mass is 19.1. The summed E-state index contributed by atoms with van der Waals surface area (Å²) in [7, 11) is 0. The van der Waals surface area contributed by atoms with Gasteiger partial charge in [-0.05, 0) is 17.7 Å². The van der Waals surface area contributed by atoms with Crippen LogP contribution in [0.25, 0.3) is 5.76 Å². The number of likely N-dealkylation sites (tertiary alicyclic amines) is 1. The molecular formula is C21H19FN2O7. The van der Waals surface area contributed by atoms with Gasteiger partial charge in [-0.15, -0.1) is 0 Å². The second kappa shape index (κ2) is 9.45. The SMILES string of the molecule is O=C1C(=O)N(CCOCCO)[C@H](c2cccc(F)c2)C1=C(O)c1cccc([N+](=O)[O-])c1. The van der Waals surface area contributed by atoms with Gasteiger partial charge in [-0.3, -0.25) is 19.7 Å². The molecule has 1 aliphatic heterocycles. The Bertz CT molecular complexity index is 1050. The highest BCUT2D eigenvalue weighted by molar-refractivity contribution is 6.46. The van der Waals surface area contributed by atoms with Gasteiger partial charge in [-0.2, -0.15) is 0 Å². The molecule has 1 fully saturated rings. The van der Waals surface area contributed by atoms with Crippen molar-refractivity contribution in [2.45, 2.75) is 6.04 Å². The third kappa shape index (κ3) is 4.60. The molecule has 10 heteroatoms. The zero-order valence-electron chi connectivity index (χ0n) is 16.2. The molecule has 1 heterocycles. The number of amides is 1. The molecule has 31 heavy (non-hydrogen) atoms. The van der Waals surface area contributed by atoms with Gasteiger partial charge in [0.15, 0.2) is 0 Å². The fourth-order valence-corrected chi connectivity index (χ4v) is 3.39. The number of aliphatic hydroxyl groups is 2. The van der Waals surface area contributed by atoms with Gasteiger partial charge in [0.1, 0.15) is 11.6 Å². The van der Waals surface area contributed by atoms with E-state index in [1.165, 1.54) is 36.4 Å². The summed E-state index contributed by atoms with van der Waals surface area (Å²) in [5.41, 5.74) is -0.394. The van der Waals surface area contributed by atoms with E-state index in [1.807, 2.05) is 0 Å². The molecule has 3 rings (SSSR count). The first-order chi connectivity index (χ1) is 14.8. The molecule has 0 saturated carbocycles. The van der Waals surface area contributed by atoms with Gasteiger partial charge in [-0.25, -0.2) is 4.39 Å². The Hall–Kier alpha value is -3.63. The summed E-state index contributed by atoms with van der Waals surface area (Å²) in [6.45, 7) is -0.255. The van der Waals surface area contributed by atoms with Crippen LogP contribution >= 0.6 is 0 Å². The summed E-state index contributed by atoms with van der Waals surface area (Å²) in [5.74, 6) is -3.13. The molecule has 1 amide bonds. The summed E-state index contributed by atoms with van der Waals surface area (Å²) in [5, 5.41) is 30.7. The second-order valence-electron chi connectivity index (χ2n) is 6.69. The third-order valence-electron chi connectivity index (χ3n) is 4.75. The van der Waals surface area contributed by atoms with Crippen LogP contribution in [0.1, 0.15) is 17.2 Å². The molecule has 9 nitrogen and oxygen atoms in total. The van der Waals surface area contributed by atoms with E-state index in [0.29, 0.717) is 0 Å². The van der Waals surface area contributed by atoms with Gasteiger partial charge in [0.2, 0.25) is 0 Å². The number of ketones is 1. The molecule has 2 N–H and O–H groups in total. The molecule has 162 valence electrons. The topological polar surface area (TPSA) is 130 Å². The summed E-state index contributed by atoms with van der Waals surface area (Å²) < 4.78 is 19.1. The van der Waals surface area contributed by atoms with Crippen molar-refractivity contribution < 1.29 is 33.9 Å². The van der Waals surface area contributed by atoms with E-state index in [9.17, 15) is 29.2 Å². The Kier molecular flexibility index (Phi) is 6.73. The smallest absolute Gasteiger partial charge is 0.295 e. The number of ether oxygens (including phenoxy) is 1. The van der Waals surface area contributed by atoms with Crippen molar-refractivity contribution in [1.29, 1.82) is 0 Å². The van der Waals surface area contributed by atoms with Crippen molar-refractivity contribution in [2.24, 2.45) is 0 Å². The molecule has 1 atom stereocenters. The van der Waals surface area contributed by atoms with Crippen LogP contribution in [-0.2, 0) is 14.3 Å². The summed E-state index contributed by atoms with van der Waals surface area (Å²) in [4.78, 5) is 37.0. The minimum atomic E-state index is -1.12. The summed E-state index contributed by atoms with van der Waals surface area (Å²) >= 11 is 0. The van der Waals surface area contributed by atoms with E-state index in [0.717, 1.165) is 17.0 Å². The highest BCUT2D eigenvalue weighted by Gasteiger charge is 2.46. The van der Waals surface area contributed by atoms with Crippen LogP contribution in [0.5, 0.6) is 0 Å². The lowest BCUT2D eigenvalue weighted by Gasteiger charge is -2.25. The predicted molar refractivity (Wildman–Crippen MR) is 106 cm³/mol. The fraction of sp³-hybridized carbons (Fsp3) is 0.238. The Morgan fingerprint density at radius 2 is 1.90 bits per heavy atom. The zero-order valence-corrected chi connectivity index (χ0v) is 16.2. The third-order valence-corrected chi connectivity index (χ3v) is 4.75.